The Bertz CT molecular complexity index is 454. The lowest BCUT2D eigenvalue weighted by Crippen LogP contribution is -2.38. The van der Waals surface area contributed by atoms with Gasteiger partial charge in [0.1, 0.15) is 0 Å². The maximum atomic E-state index is 10.4. The van der Waals surface area contributed by atoms with Crippen molar-refractivity contribution in [1.82, 2.24) is 5.32 Å². The predicted octanol–water partition coefficient (Wildman–Crippen LogP) is 0.311. The van der Waals surface area contributed by atoms with E-state index in [2.05, 4.69) is 5.32 Å². The summed E-state index contributed by atoms with van der Waals surface area (Å²) in [6, 6.07) is 6.12. The van der Waals surface area contributed by atoms with E-state index >= 15 is 0 Å². The molecule has 6 nitrogen and oxygen atoms in total. The van der Waals surface area contributed by atoms with E-state index < -0.39 is 12.1 Å². The molecule has 0 spiro atoms. The van der Waals surface area contributed by atoms with Crippen molar-refractivity contribution < 1.29 is 15.0 Å². The second-order valence-electron chi connectivity index (χ2n) is 3.56. The quantitative estimate of drug-likeness (QED) is 0.560. The summed E-state index contributed by atoms with van der Waals surface area (Å²) in [5, 5.41) is 28.4. The van der Waals surface area contributed by atoms with Crippen molar-refractivity contribution in [2.24, 2.45) is 0 Å². The number of nitrogens with one attached hydrogen (secondary N) is 1. The Morgan fingerprint density at radius 2 is 2.29 bits per heavy atom. The third-order valence-corrected chi connectivity index (χ3v) is 2.29. The van der Waals surface area contributed by atoms with E-state index in [0.29, 0.717) is 16.8 Å². The molecule has 0 aromatic heterocycles. The molecular weight excluding hydrogens is 222 g/mol. The van der Waals surface area contributed by atoms with Crippen LogP contribution in [0.25, 0.3) is 0 Å². The van der Waals surface area contributed by atoms with Crippen molar-refractivity contribution in [2.45, 2.75) is 12.5 Å². The predicted molar refractivity (Wildman–Crippen MR) is 61.3 cm³/mol. The molecule has 6 heteroatoms. The van der Waals surface area contributed by atoms with Crippen LogP contribution in [0.1, 0.15) is 11.1 Å². The van der Waals surface area contributed by atoms with Gasteiger partial charge in [0.05, 0.1) is 24.3 Å². The van der Waals surface area contributed by atoms with Gasteiger partial charge < -0.3 is 21.3 Å². The Morgan fingerprint density at radius 1 is 1.59 bits per heavy atom. The Labute approximate surface area is 98.3 Å². The zero-order chi connectivity index (χ0) is 12.8. The van der Waals surface area contributed by atoms with Crippen molar-refractivity contribution in [1.29, 1.82) is 5.26 Å². The largest absolute Gasteiger partial charge is 0.465 e. The third kappa shape index (κ3) is 3.66. The van der Waals surface area contributed by atoms with Crippen LogP contribution in [0, 0.1) is 11.3 Å². The number of anilines is 1. The Balaban J connectivity index is 2.80. The number of nitriles is 1. The fourth-order valence-corrected chi connectivity index (χ4v) is 1.45. The van der Waals surface area contributed by atoms with E-state index in [1.165, 1.54) is 6.07 Å². The molecule has 0 fully saturated rings. The maximum Gasteiger partial charge on any atom is 0.404 e. The zero-order valence-corrected chi connectivity index (χ0v) is 9.05. The normalized spacial score (nSPS) is 11.5. The molecule has 5 N–H and O–H groups in total. The van der Waals surface area contributed by atoms with Crippen LogP contribution in [-0.2, 0) is 6.42 Å². The van der Waals surface area contributed by atoms with Gasteiger partial charge in [0.15, 0.2) is 0 Å². The van der Waals surface area contributed by atoms with Crippen molar-refractivity contribution in [2.75, 3.05) is 12.3 Å². The van der Waals surface area contributed by atoms with Crippen LogP contribution >= 0.6 is 0 Å². The van der Waals surface area contributed by atoms with Gasteiger partial charge in [0.25, 0.3) is 0 Å². The smallest absolute Gasteiger partial charge is 0.404 e. The van der Waals surface area contributed by atoms with Crippen LogP contribution in [0.4, 0.5) is 10.5 Å². The van der Waals surface area contributed by atoms with Crippen LogP contribution in [0.5, 0.6) is 0 Å². The fraction of sp³-hybridized carbons (Fsp3) is 0.273. The lowest BCUT2D eigenvalue weighted by molar-refractivity contribution is 0.177. The van der Waals surface area contributed by atoms with E-state index in [4.69, 9.17) is 21.2 Å². The first-order valence-electron chi connectivity index (χ1n) is 4.95. The molecule has 0 radical (unpaired) electrons. The molecule has 0 heterocycles. The van der Waals surface area contributed by atoms with Gasteiger partial charge in [0.2, 0.25) is 0 Å². The van der Waals surface area contributed by atoms with Gasteiger partial charge in [-0.1, -0.05) is 6.07 Å². The molecule has 1 rings (SSSR count). The van der Waals surface area contributed by atoms with Gasteiger partial charge >= 0.3 is 6.09 Å². The highest BCUT2D eigenvalue weighted by Crippen LogP contribution is 2.15. The van der Waals surface area contributed by atoms with Gasteiger partial charge in [-0.15, -0.1) is 0 Å². The molecule has 17 heavy (non-hydrogen) atoms. The van der Waals surface area contributed by atoms with Gasteiger partial charge in [-0.25, -0.2) is 4.79 Å². The molecule has 0 aliphatic carbocycles. The number of nitrogens with zero attached hydrogens (tertiary/aromatic N) is 1. The van der Waals surface area contributed by atoms with E-state index in [0.717, 1.165) is 0 Å². The average molecular weight is 235 g/mol. The highest BCUT2D eigenvalue weighted by Gasteiger charge is 2.12. The minimum Gasteiger partial charge on any atom is -0.465 e. The minimum absolute atomic E-state index is 0.278. The van der Waals surface area contributed by atoms with Gasteiger partial charge in [-0.3, -0.25) is 0 Å². The first kappa shape index (κ1) is 12.8. The lowest BCUT2D eigenvalue weighted by Gasteiger charge is -2.15. The number of carbonyl (C=O) groups is 1. The highest BCUT2D eigenvalue weighted by molar-refractivity contribution is 5.65. The topological polar surface area (TPSA) is 119 Å². The molecule has 0 aliphatic heterocycles. The molecule has 1 aromatic rings. The number of nitrogens with two attached hydrogens (primary N) is 1. The number of aliphatic hydroxyl groups is 1. The first-order valence-corrected chi connectivity index (χ1v) is 4.95. The molecule has 0 saturated carbocycles. The summed E-state index contributed by atoms with van der Waals surface area (Å²) in [4.78, 5) is 10.4. The van der Waals surface area contributed by atoms with Crippen LogP contribution in [0.15, 0.2) is 18.2 Å². The van der Waals surface area contributed by atoms with Crippen LogP contribution in [-0.4, -0.2) is 29.0 Å². The van der Waals surface area contributed by atoms with Gasteiger partial charge in [-0.2, -0.15) is 5.26 Å². The number of hydrogen-bond acceptors (Lipinski definition) is 4. The highest BCUT2D eigenvalue weighted by atomic mass is 16.4. The molecule has 1 atom stereocenters. The maximum absolute atomic E-state index is 10.4. The number of nitrogen functional groups attached to an aromatic ring is 1. The summed E-state index contributed by atoms with van der Waals surface area (Å²) >= 11 is 0. The van der Waals surface area contributed by atoms with E-state index in [1.54, 1.807) is 12.1 Å². The van der Waals surface area contributed by atoms with Crippen molar-refractivity contribution >= 4 is 11.8 Å². The van der Waals surface area contributed by atoms with Crippen molar-refractivity contribution in [3.63, 3.8) is 0 Å². The fourth-order valence-electron chi connectivity index (χ4n) is 1.45. The van der Waals surface area contributed by atoms with E-state index in [1.807, 2.05) is 6.07 Å². The molecule has 0 bridgehead atoms. The molecular formula is C11H13N3O3. The van der Waals surface area contributed by atoms with E-state index in [9.17, 15) is 4.79 Å². The number of amides is 1. The van der Waals surface area contributed by atoms with Crippen LogP contribution in [0.3, 0.4) is 0 Å². The summed E-state index contributed by atoms with van der Waals surface area (Å²) in [5.74, 6) is 0. The summed E-state index contributed by atoms with van der Waals surface area (Å²) in [6.07, 6.45) is -0.920. The molecule has 90 valence electrons. The number of hydrogen-bond donors (Lipinski definition) is 4. The molecule has 1 amide bonds. The minimum atomic E-state index is -1.20. The Hall–Kier alpha value is -2.26. The Morgan fingerprint density at radius 3 is 2.76 bits per heavy atom. The summed E-state index contributed by atoms with van der Waals surface area (Å²) in [6.45, 7) is -0.314. The molecule has 1 unspecified atom stereocenters. The lowest BCUT2D eigenvalue weighted by atomic mass is 10.0. The Kier molecular flexibility index (Phi) is 4.31. The number of rotatable bonds is 4. The molecule has 0 saturated heterocycles. The molecule has 1 aromatic carbocycles. The standard InChI is InChI=1S/C11H13N3O3/c12-5-7-1-2-8(10(13)3-7)4-9(6-15)14-11(16)17/h1-3,9,14-15H,4,6,13H2,(H,16,17). The second kappa shape index (κ2) is 5.72. The summed E-state index contributed by atoms with van der Waals surface area (Å²) in [7, 11) is 0. The van der Waals surface area contributed by atoms with E-state index in [-0.39, 0.29) is 13.0 Å². The number of carboxylic acid groups (broad SMARTS) is 1. The SMILES string of the molecule is N#Cc1ccc(CC(CO)NC(=O)O)c(N)c1. The summed E-state index contributed by atoms with van der Waals surface area (Å²) < 4.78 is 0. The van der Waals surface area contributed by atoms with Crippen molar-refractivity contribution in [3.05, 3.63) is 29.3 Å². The van der Waals surface area contributed by atoms with Crippen LogP contribution in [0.2, 0.25) is 0 Å². The third-order valence-electron chi connectivity index (χ3n) is 2.29. The number of benzene rings is 1. The summed E-state index contributed by atoms with van der Waals surface area (Å²) in [5.41, 5.74) is 7.27. The number of aliphatic hydroxyl groups excluding tert-OH is 1. The second-order valence-corrected chi connectivity index (χ2v) is 3.56. The van der Waals surface area contributed by atoms with Gasteiger partial charge in [0, 0.05) is 5.69 Å². The first-order chi connectivity index (χ1) is 8.06. The monoisotopic (exact) mass is 235 g/mol. The molecule has 0 aliphatic rings. The van der Waals surface area contributed by atoms with Crippen LogP contribution < -0.4 is 11.1 Å². The zero-order valence-electron chi connectivity index (χ0n) is 9.05. The average Bonchev–Trinajstić information content (AvgIpc) is 2.29. The van der Waals surface area contributed by atoms with Crippen molar-refractivity contribution in [3.8, 4) is 6.07 Å². The van der Waals surface area contributed by atoms with Gasteiger partial charge in [-0.05, 0) is 24.1 Å².